The van der Waals surface area contributed by atoms with Gasteiger partial charge in [0.05, 0.1) is 17.5 Å². The first kappa shape index (κ1) is 16.1. The molecule has 1 fully saturated rings. The Hall–Kier alpha value is -2.35. The van der Waals surface area contributed by atoms with E-state index >= 15 is 0 Å². The summed E-state index contributed by atoms with van der Waals surface area (Å²) in [6.45, 7) is 1.83. The van der Waals surface area contributed by atoms with Crippen LogP contribution in [0, 0.1) is 0 Å². The molecule has 2 aliphatic rings. The summed E-state index contributed by atoms with van der Waals surface area (Å²) >= 11 is 0. The molecule has 0 bridgehead atoms. The van der Waals surface area contributed by atoms with E-state index in [2.05, 4.69) is 15.4 Å². The van der Waals surface area contributed by atoms with Crippen LogP contribution >= 0.6 is 0 Å². The molecule has 2 aromatic heterocycles. The summed E-state index contributed by atoms with van der Waals surface area (Å²) < 4.78 is 28.2. The number of fused-ring (bicyclic) bond motifs is 1. The molecule has 132 valence electrons. The molecule has 1 amide bonds. The molecule has 6 nitrogen and oxygen atoms in total. The Morgan fingerprint density at radius 3 is 2.72 bits per heavy atom. The van der Waals surface area contributed by atoms with Crippen LogP contribution in [0.25, 0.3) is 5.82 Å². The van der Waals surface area contributed by atoms with Crippen molar-refractivity contribution in [2.45, 2.75) is 31.7 Å². The van der Waals surface area contributed by atoms with E-state index in [1.165, 1.54) is 16.7 Å². The molecule has 2 aliphatic heterocycles. The summed E-state index contributed by atoms with van der Waals surface area (Å²) in [6, 6.07) is 3.43. The average molecular weight is 347 g/mol. The molecule has 0 aliphatic carbocycles. The van der Waals surface area contributed by atoms with Crippen molar-refractivity contribution < 1.29 is 13.6 Å². The zero-order valence-electron chi connectivity index (χ0n) is 13.7. The molecule has 25 heavy (non-hydrogen) atoms. The molecule has 4 rings (SSSR count). The second kappa shape index (κ2) is 6.18. The fourth-order valence-electron chi connectivity index (χ4n) is 3.29. The monoisotopic (exact) mass is 347 g/mol. The third-order valence-corrected chi connectivity index (χ3v) is 4.81. The normalized spacial score (nSPS) is 19.5. The number of hydrogen-bond acceptors (Lipinski definition) is 4. The summed E-state index contributed by atoms with van der Waals surface area (Å²) in [5.41, 5.74) is 2.69. The number of alkyl halides is 2. The van der Waals surface area contributed by atoms with Crippen LogP contribution in [-0.4, -0.2) is 51.1 Å². The Morgan fingerprint density at radius 1 is 1.20 bits per heavy atom. The Balaban J connectivity index is 1.51. The SMILES string of the molecule is O=C(c1ccc(-n2ncc3c2CNCC3)nc1)N1CCC(F)(F)CC1. The second-order valence-electron chi connectivity index (χ2n) is 6.51. The van der Waals surface area contributed by atoms with Crippen molar-refractivity contribution >= 4 is 5.91 Å². The highest BCUT2D eigenvalue weighted by molar-refractivity contribution is 5.94. The van der Waals surface area contributed by atoms with Gasteiger partial charge in [0.2, 0.25) is 0 Å². The highest BCUT2D eigenvalue weighted by Gasteiger charge is 2.35. The number of halogens is 2. The highest BCUT2D eigenvalue weighted by Crippen LogP contribution is 2.28. The van der Waals surface area contributed by atoms with Gasteiger partial charge in [-0.3, -0.25) is 4.79 Å². The quantitative estimate of drug-likeness (QED) is 0.900. The van der Waals surface area contributed by atoms with Crippen molar-refractivity contribution in [1.29, 1.82) is 0 Å². The van der Waals surface area contributed by atoms with Gasteiger partial charge in [-0.1, -0.05) is 0 Å². The van der Waals surface area contributed by atoms with Crippen LogP contribution in [0.15, 0.2) is 24.5 Å². The summed E-state index contributed by atoms with van der Waals surface area (Å²) in [6.07, 6.45) is 3.72. The molecule has 1 saturated heterocycles. The van der Waals surface area contributed by atoms with Crippen LogP contribution in [0.3, 0.4) is 0 Å². The fraction of sp³-hybridized carbons (Fsp3) is 0.471. The number of rotatable bonds is 2. The Bertz CT molecular complexity index is 777. The van der Waals surface area contributed by atoms with E-state index < -0.39 is 5.92 Å². The van der Waals surface area contributed by atoms with E-state index in [0.29, 0.717) is 11.4 Å². The third kappa shape index (κ3) is 3.13. The first-order valence-electron chi connectivity index (χ1n) is 8.43. The van der Waals surface area contributed by atoms with E-state index in [1.54, 1.807) is 16.8 Å². The minimum atomic E-state index is -2.66. The van der Waals surface area contributed by atoms with Crippen LogP contribution in [0.5, 0.6) is 0 Å². The number of amides is 1. The van der Waals surface area contributed by atoms with Gasteiger partial charge < -0.3 is 10.2 Å². The van der Waals surface area contributed by atoms with Gasteiger partial charge in [-0.05, 0) is 30.7 Å². The van der Waals surface area contributed by atoms with Crippen molar-refractivity contribution in [3.63, 3.8) is 0 Å². The summed E-state index contributed by atoms with van der Waals surface area (Å²) in [7, 11) is 0. The van der Waals surface area contributed by atoms with Crippen LogP contribution in [0.2, 0.25) is 0 Å². The Kier molecular flexibility index (Phi) is 3.99. The van der Waals surface area contributed by atoms with E-state index in [4.69, 9.17) is 0 Å². The van der Waals surface area contributed by atoms with Gasteiger partial charge in [0, 0.05) is 38.7 Å². The van der Waals surface area contributed by atoms with Crippen LogP contribution < -0.4 is 5.32 Å². The molecule has 0 unspecified atom stereocenters. The van der Waals surface area contributed by atoms with Gasteiger partial charge in [0.1, 0.15) is 0 Å². The van der Waals surface area contributed by atoms with Gasteiger partial charge in [-0.2, -0.15) is 5.10 Å². The number of carbonyl (C=O) groups is 1. The van der Waals surface area contributed by atoms with Crippen molar-refractivity contribution in [3.8, 4) is 5.82 Å². The minimum Gasteiger partial charge on any atom is -0.338 e. The lowest BCUT2D eigenvalue weighted by atomic mass is 10.1. The molecule has 0 aromatic carbocycles. The van der Waals surface area contributed by atoms with Crippen LogP contribution in [0.1, 0.15) is 34.5 Å². The molecule has 2 aromatic rings. The molecular weight excluding hydrogens is 328 g/mol. The predicted molar refractivity (Wildman–Crippen MR) is 86.9 cm³/mol. The van der Waals surface area contributed by atoms with E-state index in [0.717, 1.165) is 25.2 Å². The Labute approximate surface area is 143 Å². The summed E-state index contributed by atoms with van der Waals surface area (Å²) in [5, 5.41) is 7.69. The Morgan fingerprint density at radius 2 is 2.00 bits per heavy atom. The average Bonchev–Trinajstić information content (AvgIpc) is 3.05. The number of likely N-dealkylation sites (tertiary alicyclic amines) is 1. The van der Waals surface area contributed by atoms with Crippen molar-refractivity contribution in [2.24, 2.45) is 0 Å². The van der Waals surface area contributed by atoms with E-state index in [-0.39, 0.29) is 31.8 Å². The number of pyridine rings is 1. The molecular formula is C17H19F2N5O. The zero-order valence-corrected chi connectivity index (χ0v) is 13.7. The van der Waals surface area contributed by atoms with Crippen molar-refractivity contribution in [1.82, 2.24) is 25.0 Å². The first-order chi connectivity index (χ1) is 12.0. The van der Waals surface area contributed by atoms with Gasteiger partial charge in [-0.25, -0.2) is 18.4 Å². The van der Waals surface area contributed by atoms with Gasteiger partial charge >= 0.3 is 0 Å². The maximum atomic E-state index is 13.2. The zero-order chi connectivity index (χ0) is 17.4. The maximum absolute atomic E-state index is 13.2. The van der Waals surface area contributed by atoms with Gasteiger partial charge in [-0.15, -0.1) is 0 Å². The lowest BCUT2D eigenvalue weighted by Gasteiger charge is -2.31. The molecule has 0 radical (unpaired) electrons. The number of carbonyl (C=O) groups excluding carboxylic acids is 1. The third-order valence-electron chi connectivity index (χ3n) is 4.81. The summed E-state index contributed by atoms with van der Waals surface area (Å²) in [5.74, 6) is -2.27. The van der Waals surface area contributed by atoms with Crippen LogP contribution in [0.4, 0.5) is 8.78 Å². The van der Waals surface area contributed by atoms with Crippen molar-refractivity contribution in [2.75, 3.05) is 19.6 Å². The molecule has 0 atom stereocenters. The number of piperidine rings is 1. The fourth-order valence-corrected chi connectivity index (χ4v) is 3.29. The molecule has 0 spiro atoms. The lowest BCUT2D eigenvalue weighted by molar-refractivity contribution is -0.0494. The number of nitrogens with zero attached hydrogens (tertiary/aromatic N) is 4. The van der Waals surface area contributed by atoms with E-state index in [1.807, 2.05) is 6.20 Å². The number of aromatic nitrogens is 3. The first-order valence-corrected chi connectivity index (χ1v) is 8.43. The highest BCUT2D eigenvalue weighted by atomic mass is 19.3. The van der Waals surface area contributed by atoms with Gasteiger partial charge in [0.15, 0.2) is 5.82 Å². The predicted octanol–water partition coefficient (Wildman–Crippen LogP) is 1.78. The number of hydrogen-bond donors (Lipinski definition) is 1. The lowest BCUT2D eigenvalue weighted by Crippen LogP contribution is -2.42. The largest absolute Gasteiger partial charge is 0.338 e. The van der Waals surface area contributed by atoms with E-state index in [9.17, 15) is 13.6 Å². The van der Waals surface area contributed by atoms with Crippen LogP contribution in [-0.2, 0) is 13.0 Å². The smallest absolute Gasteiger partial charge is 0.255 e. The standard InChI is InChI=1S/C17H19F2N5O/c18-17(19)4-7-23(8-5-17)16(25)13-1-2-15(21-9-13)24-14-11-20-6-3-12(14)10-22-24/h1-2,9-10,20H,3-8,11H2. The molecule has 1 N–H and O–H groups in total. The molecule has 4 heterocycles. The topological polar surface area (TPSA) is 63.1 Å². The number of nitrogens with one attached hydrogen (secondary N) is 1. The maximum Gasteiger partial charge on any atom is 0.255 e. The molecule has 8 heteroatoms. The van der Waals surface area contributed by atoms with Gasteiger partial charge in [0.25, 0.3) is 11.8 Å². The van der Waals surface area contributed by atoms with Crippen molar-refractivity contribution in [3.05, 3.63) is 41.3 Å². The minimum absolute atomic E-state index is 0.0753. The molecule has 0 saturated carbocycles. The summed E-state index contributed by atoms with van der Waals surface area (Å²) in [4.78, 5) is 18.3. The second-order valence-corrected chi connectivity index (χ2v) is 6.51.